The molecule has 0 spiro atoms. The van der Waals surface area contributed by atoms with Crippen molar-refractivity contribution in [1.82, 2.24) is 35.0 Å². The highest BCUT2D eigenvalue weighted by atomic mass is 35.5. The van der Waals surface area contributed by atoms with Crippen LogP contribution in [0.15, 0.2) is 79.1 Å². The van der Waals surface area contributed by atoms with E-state index < -0.39 is 29.7 Å². The molecule has 2 aromatic heterocycles. The van der Waals surface area contributed by atoms with E-state index in [1.54, 1.807) is 24.5 Å². The van der Waals surface area contributed by atoms with Gasteiger partial charge in [-0.3, -0.25) is 39.2 Å². The number of fused-ring (bicyclic) bond motifs is 2. The van der Waals surface area contributed by atoms with Gasteiger partial charge in [0.15, 0.2) is 0 Å². The van der Waals surface area contributed by atoms with Crippen LogP contribution < -0.4 is 16.0 Å². The van der Waals surface area contributed by atoms with E-state index >= 15 is 0 Å². The number of aromatic amines is 1. The van der Waals surface area contributed by atoms with Gasteiger partial charge in [0.05, 0.1) is 82.6 Å². The maximum Gasteiger partial charge on any atom is 0.264 e. The summed E-state index contributed by atoms with van der Waals surface area (Å²) in [7, 11) is 0. The molecule has 0 aliphatic carbocycles. The van der Waals surface area contributed by atoms with Crippen LogP contribution in [-0.2, 0) is 46.4 Å². The van der Waals surface area contributed by atoms with Crippen molar-refractivity contribution in [2.24, 2.45) is 0 Å². The highest BCUT2D eigenvalue weighted by Gasteiger charge is 2.45. The number of hydrogen-bond acceptors (Lipinski definition) is 15. The van der Waals surface area contributed by atoms with Gasteiger partial charge in [0.1, 0.15) is 23.8 Å². The van der Waals surface area contributed by atoms with Gasteiger partial charge in [0.25, 0.3) is 11.8 Å². The average molecular weight is 953 g/mol. The normalized spacial score (nSPS) is 16.7. The second-order valence-electron chi connectivity index (χ2n) is 16.6. The van der Waals surface area contributed by atoms with E-state index in [0.29, 0.717) is 84.8 Å². The number of nitrogens with one attached hydrogen (secondary N) is 4. The molecule has 8 rings (SSSR count). The molecule has 2 saturated heterocycles. The Kier molecular flexibility index (Phi) is 17.5. The van der Waals surface area contributed by atoms with Gasteiger partial charge in [0.2, 0.25) is 11.8 Å². The third-order valence-corrected chi connectivity index (χ3v) is 12.4. The van der Waals surface area contributed by atoms with Crippen LogP contribution in [0.3, 0.4) is 0 Å². The lowest BCUT2D eigenvalue weighted by Gasteiger charge is -2.34. The zero-order valence-electron chi connectivity index (χ0n) is 38.0. The molecular weight excluding hydrogens is 894 g/mol. The lowest BCUT2D eigenvalue weighted by molar-refractivity contribution is -0.136. The molecule has 2 fully saturated rings. The summed E-state index contributed by atoms with van der Waals surface area (Å²) < 4.78 is 28.3. The molecular formula is C49H58ClN9O9. The predicted molar refractivity (Wildman–Crippen MR) is 256 cm³/mol. The number of imide groups is 2. The number of benzene rings is 3. The number of carbonyl (C=O) groups is 4. The largest absolute Gasteiger partial charge is 0.382 e. The number of carbonyl (C=O) groups excluding carboxylic acids is 4. The number of piperidine rings is 1. The van der Waals surface area contributed by atoms with Gasteiger partial charge in [-0.1, -0.05) is 60.1 Å². The summed E-state index contributed by atoms with van der Waals surface area (Å²) in [5.41, 5.74) is 6.09. The SMILES string of the molecule is O=C1CCC(N2C(=O)c3cccc(NCCOCCOCCOCCOCCOCCN4CCN(Cc5ccc(-c6cc7c(NCc8ccccc8Cl)ncnc7[nH]6)cc5)CC4)c3C2=O)C(=O)N1. The number of nitrogens with zero attached hydrogens (tertiary/aromatic N) is 5. The Bertz CT molecular complexity index is 2500. The van der Waals surface area contributed by atoms with Crippen LogP contribution >= 0.6 is 11.6 Å². The lowest BCUT2D eigenvalue weighted by atomic mass is 10.0. The van der Waals surface area contributed by atoms with E-state index in [-0.39, 0.29) is 24.0 Å². The van der Waals surface area contributed by atoms with Crippen molar-refractivity contribution in [3.63, 3.8) is 0 Å². The molecule has 4 amide bonds. The number of piperazine rings is 1. The fourth-order valence-corrected chi connectivity index (χ4v) is 8.57. The minimum Gasteiger partial charge on any atom is -0.382 e. The number of H-pyrrole nitrogens is 1. The van der Waals surface area contributed by atoms with Gasteiger partial charge in [0, 0.05) is 75.2 Å². The standard InChI is InChI=1S/C49H58ClN9O9/c50-39-6-2-1-4-36(39)31-52-45-38-30-41(55-46(38)54-33-53-45)35-10-8-34(9-11-35)32-58-17-15-57(16-18-58)19-21-65-23-25-67-27-29-68-28-26-66-24-22-64-20-14-51-40-7-3-5-37-44(40)49(63)59(48(37)62)42-12-13-43(60)56-47(42)61/h1-11,30,33,42,51H,12-29,31-32H2,(H,56,60,61)(H2,52,53,54,55). The fraction of sp³-hybridized carbons (Fsp3) is 0.429. The fourth-order valence-electron chi connectivity index (χ4n) is 8.37. The van der Waals surface area contributed by atoms with Crippen LogP contribution in [-0.4, -0.2) is 165 Å². The Morgan fingerprint density at radius 3 is 2.09 bits per heavy atom. The molecule has 3 aliphatic heterocycles. The Labute approximate surface area is 399 Å². The predicted octanol–water partition coefficient (Wildman–Crippen LogP) is 4.60. The van der Waals surface area contributed by atoms with Gasteiger partial charge in [-0.05, 0) is 47.4 Å². The second-order valence-corrected chi connectivity index (χ2v) is 17.0. The molecule has 5 aromatic rings. The molecule has 0 saturated carbocycles. The molecule has 0 radical (unpaired) electrons. The zero-order valence-corrected chi connectivity index (χ0v) is 38.8. The van der Waals surface area contributed by atoms with Crippen LogP contribution in [0.25, 0.3) is 22.3 Å². The van der Waals surface area contributed by atoms with Crippen molar-refractivity contribution >= 4 is 57.8 Å². The molecule has 5 heterocycles. The number of amides is 4. The van der Waals surface area contributed by atoms with Crippen molar-refractivity contribution in [1.29, 1.82) is 0 Å². The van der Waals surface area contributed by atoms with Crippen molar-refractivity contribution in [2.75, 3.05) is 116 Å². The molecule has 360 valence electrons. The second kappa shape index (κ2) is 24.5. The Morgan fingerprint density at radius 1 is 0.706 bits per heavy atom. The number of ether oxygens (including phenoxy) is 5. The van der Waals surface area contributed by atoms with Gasteiger partial charge < -0.3 is 39.3 Å². The van der Waals surface area contributed by atoms with E-state index in [4.69, 9.17) is 35.3 Å². The quantitative estimate of drug-likeness (QED) is 0.0442. The summed E-state index contributed by atoms with van der Waals surface area (Å²) in [6.45, 7) is 11.5. The van der Waals surface area contributed by atoms with E-state index in [2.05, 4.69) is 71.0 Å². The highest BCUT2D eigenvalue weighted by molar-refractivity contribution is 6.31. The third-order valence-electron chi connectivity index (χ3n) is 12.0. The number of anilines is 2. The minimum atomic E-state index is -1.01. The summed E-state index contributed by atoms with van der Waals surface area (Å²) in [5, 5.41) is 10.4. The van der Waals surface area contributed by atoms with E-state index in [9.17, 15) is 19.2 Å². The molecule has 1 atom stereocenters. The van der Waals surface area contributed by atoms with Crippen molar-refractivity contribution in [3.05, 3.63) is 106 Å². The number of hydrogen-bond donors (Lipinski definition) is 4. The van der Waals surface area contributed by atoms with Crippen molar-refractivity contribution < 1.29 is 42.9 Å². The highest BCUT2D eigenvalue weighted by Crippen LogP contribution is 2.33. The first-order valence-corrected chi connectivity index (χ1v) is 23.5. The molecule has 1 unspecified atom stereocenters. The molecule has 68 heavy (non-hydrogen) atoms. The third kappa shape index (κ3) is 12.8. The lowest BCUT2D eigenvalue weighted by Crippen LogP contribution is -2.54. The van der Waals surface area contributed by atoms with E-state index in [0.717, 1.165) is 82.9 Å². The van der Waals surface area contributed by atoms with Crippen LogP contribution in [0.2, 0.25) is 5.02 Å². The average Bonchev–Trinajstić information content (AvgIpc) is 3.90. The van der Waals surface area contributed by atoms with Crippen molar-refractivity contribution in [2.45, 2.75) is 32.0 Å². The first kappa shape index (κ1) is 48.6. The molecule has 3 aliphatic rings. The summed E-state index contributed by atoms with van der Waals surface area (Å²) in [6.07, 6.45) is 1.74. The van der Waals surface area contributed by atoms with Gasteiger partial charge in [-0.2, -0.15) is 0 Å². The maximum absolute atomic E-state index is 13.2. The summed E-state index contributed by atoms with van der Waals surface area (Å²) in [5.74, 6) is -1.39. The number of halogens is 1. The monoisotopic (exact) mass is 951 g/mol. The van der Waals surface area contributed by atoms with Crippen LogP contribution in [0, 0.1) is 0 Å². The first-order valence-electron chi connectivity index (χ1n) is 23.1. The molecule has 18 nitrogen and oxygen atoms in total. The maximum atomic E-state index is 13.2. The van der Waals surface area contributed by atoms with Gasteiger partial charge in [-0.25, -0.2) is 9.97 Å². The van der Waals surface area contributed by atoms with Crippen LogP contribution in [0.1, 0.15) is 44.7 Å². The Morgan fingerprint density at radius 2 is 1.38 bits per heavy atom. The van der Waals surface area contributed by atoms with Gasteiger partial charge in [-0.15, -0.1) is 0 Å². The molecule has 3 aromatic carbocycles. The molecule has 19 heteroatoms. The van der Waals surface area contributed by atoms with Crippen molar-refractivity contribution in [3.8, 4) is 11.3 Å². The summed E-state index contributed by atoms with van der Waals surface area (Å²) in [4.78, 5) is 68.4. The summed E-state index contributed by atoms with van der Waals surface area (Å²) in [6, 6.07) is 22.5. The van der Waals surface area contributed by atoms with E-state index in [1.807, 2.05) is 24.3 Å². The van der Waals surface area contributed by atoms with Crippen LogP contribution in [0.5, 0.6) is 0 Å². The first-order chi connectivity index (χ1) is 33.3. The summed E-state index contributed by atoms with van der Waals surface area (Å²) >= 11 is 6.35. The Hall–Kier alpha value is -5.83. The van der Waals surface area contributed by atoms with Gasteiger partial charge >= 0.3 is 0 Å². The smallest absolute Gasteiger partial charge is 0.264 e. The molecule has 0 bridgehead atoms. The number of rotatable bonds is 26. The Balaban J connectivity index is 0.602. The minimum absolute atomic E-state index is 0.0666. The zero-order chi connectivity index (χ0) is 47.1. The van der Waals surface area contributed by atoms with E-state index in [1.165, 1.54) is 5.56 Å². The topological polar surface area (TPSA) is 202 Å². The van der Waals surface area contributed by atoms with Crippen LogP contribution in [0.4, 0.5) is 11.5 Å². The molecule has 4 N–H and O–H groups in total. The number of aromatic nitrogens is 3.